The first-order chi connectivity index (χ1) is 9.89. The molecule has 1 atom stereocenters. The van der Waals surface area contributed by atoms with Crippen LogP contribution in [0.1, 0.15) is 79.6 Å². The molecule has 0 bridgehead atoms. The van der Waals surface area contributed by atoms with Crippen LogP contribution >= 0.6 is 0 Å². The normalized spacial score (nSPS) is 24.6. The summed E-state index contributed by atoms with van der Waals surface area (Å²) < 4.78 is 0. The zero-order valence-electron chi connectivity index (χ0n) is 14.8. The van der Waals surface area contributed by atoms with Crippen molar-refractivity contribution in [2.75, 3.05) is 6.54 Å². The van der Waals surface area contributed by atoms with Crippen LogP contribution < -0.4 is 10.6 Å². The van der Waals surface area contributed by atoms with E-state index in [1.54, 1.807) is 0 Å². The molecule has 124 valence electrons. The van der Waals surface area contributed by atoms with Crippen molar-refractivity contribution in [3.8, 4) is 0 Å². The molecule has 0 aromatic rings. The maximum atomic E-state index is 11.7. The molecular weight excluding hydrogens is 260 g/mol. The predicted molar refractivity (Wildman–Crippen MR) is 90.3 cm³/mol. The Balaban J connectivity index is 2.18. The fourth-order valence-corrected chi connectivity index (χ4v) is 3.21. The van der Waals surface area contributed by atoms with E-state index in [1.807, 2.05) is 0 Å². The Hall–Kier alpha value is -0.570. The minimum absolute atomic E-state index is 0.178. The maximum absolute atomic E-state index is 11.7. The molecule has 0 saturated heterocycles. The number of nitrogens with one attached hydrogen (secondary N) is 2. The highest BCUT2D eigenvalue weighted by Gasteiger charge is 2.31. The summed E-state index contributed by atoms with van der Waals surface area (Å²) >= 11 is 0. The van der Waals surface area contributed by atoms with Gasteiger partial charge in [0.2, 0.25) is 5.91 Å². The van der Waals surface area contributed by atoms with E-state index in [0.29, 0.717) is 23.9 Å². The summed E-state index contributed by atoms with van der Waals surface area (Å²) in [7, 11) is 0. The summed E-state index contributed by atoms with van der Waals surface area (Å²) in [5, 5.41) is 6.60. The van der Waals surface area contributed by atoms with Gasteiger partial charge in [0.25, 0.3) is 0 Å². The Morgan fingerprint density at radius 3 is 2.33 bits per heavy atom. The van der Waals surface area contributed by atoms with Crippen molar-refractivity contribution in [3.05, 3.63) is 0 Å². The second-order valence-corrected chi connectivity index (χ2v) is 7.47. The Kier molecular flexibility index (Phi) is 7.72. The highest BCUT2D eigenvalue weighted by Crippen LogP contribution is 2.40. The first-order valence-corrected chi connectivity index (χ1v) is 8.91. The monoisotopic (exact) mass is 296 g/mol. The van der Waals surface area contributed by atoms with E-state index >= 15 is 0 Å². The molecule has 1 saturated carbocycles. The largest absolute Gasteiger partial charge is 0.354 e. The third-order valence-corrected chi connectivity index (χ3v) is 5.55. The molecule has 0 aromatic carbocycles. The van der Waals surface area contributed by atoms with Crippen molar-refractivity contribution >= 4 is 5.91 Å². The predicted octanol–water partition coefficient (Wildman–Crippen LogP) is 3.88. The van der Waals surface area contributed by atoms with Gasteiger partial charge in [0, 0.05) is 25.0 Å². The van der Waals surface area contributed by atoms with Gasteiger partial charge in [-0.25, -0.2) is 0 Å². The van der Waals surface area contributed by atoms with Crippen molar-refractivity contribution in [3.63, 3.8) is 0 Å². The summed E-state index contributed by atoms with van der Waals surface area (Å²) in [5.41, 5.74) is 0.487. The third-order valence-electron chi connectivity index (χ3n) is 5.55. The van der Waals surface area contributed by atoms with Gasteiger partial charge in [-0.05, 0) is 50.4 Å². The highest BCUT2D eigenvalue weighted by atomic mass is 16.1. The fourth-order valence-electron chi connectivity index (χ4n) is 3.21. The zero-order valence-corrected chi connectivity index (χ0v) is 14.8. The van der Waals surface area contributed by atoms with E-state index in [9.17, 15) is 4.79 Å². The van der Waals surface area contributed by atoms with Crippen LogP contribution in [0.5, 0.6) is 0 Å². The van der Waals surface area contributed by atoms with E-state index in [0.717, 1.165) is 18.9 Å². The molecule has 1 aliphatic carbocycles. The van der Waals surface area contributed by atoms with Gasteiger partial charge in [0.1, 0.15) is 0 Å². The third kappa shape index (κ3) is 6.37. The average molecular weight is 296 g/mol. The van der Waals surface area contributed by atoms with Crippen LogP contribution in [0.4, 0.5) is 0 Å². The van der Waals surface area contributed by atoms with Crippen molar-refractivity contribution in [1.29, 1.82) is 0 Å². The van der Waals surface area contributed by atoms with E-state index < -0.39 is 0 Å². The number of carbonyl (C=O) groups is 1. The van der Waals surface area contributed by atoms with Crippen molar-refractivity contribution in [2.45, 2.75) is 91.6 Å². The molecule has 1 fully saturated rings. The van der Waals surface area contributed by atoms with Gasteiger partial charge in [0.15, 0.2) is 0 Å². The maximum Gasteiger partial charge on any atom is 0.221 e. The molecule has 3 heteroatoms. The minimum atomic E-state index is 0.178. The van der Waals surface area contributed by atoms with Crippen molar-refractivity contribution < 1.29 is 4.79 Å². The van der Waals surface area contributed by atoms with Gasteiger partial charge in [-0.3, -0.25) is 4.79 Å². The lowest BCUT2D eigenvalue weighted by Gasteiger charge is -2.39. The minimum Gasteiger partial charge on any atom is -0.354 e. The molecule has 21 heavy (non-hydrogen) atoms. The second kappa shape index (κ2) is 8.77. The number of rotatable bonds is 8. The summed E-state index contributed by atoms with van der Waals surface area (Å²) in [5.74, 6) is 1.05. The van der Waals surface area contributed by atoms with Gasteiger partial charge in [-0.2, -0.15) is 0 Å². The Labute approximate surface area is 131 Å². The van der Waals surface area contributed by atoms with Crippen molar-refractivity contribution in [2.24, 2.45) is 11.3 Å². The van der Waals surface area contributed by atoms with E-state index in [4.69, 9.17) is 0 Å². The smallest absolute Gasteiger partial charge is 0.221 e. The van der Waals surface area contributed by atoms with Gasteiger partial charge in [-0.1, -0.05) is 34.1 Å². The summed E-state index contributed by atoms with van der Waals surface area (Å²) in [6, 6.07) is 0.912. The molecule has 1 unspecified atom stereocenters. The molecule has 0 radical (unpaired) electrons. The van der Waals surface area contributed by atoms with Gasteiger partial charge < -0.3 is 10.6 Å². The van der Waals surface area contributed by atoms with Crippen molar-refractivity contribution in [1.82, 2.24) is 10.6 Å². The van der Waals surface area contributed by atoms with Crippen LogP contribution in [0.25, 0.3) is 0 Å². The second-order valence-electron chi connectivity index (χ2n) is 7.47. The zero-order chi connectivity index (χ0) is 15.9. The topological polar surface area (TPSA) is 41.1 Å². The lowest BCUT2D eigenvalue weighted by Crippen LogP contribution is -2.39. The Morgan fingerprint density at radius 2 is 1.81 bits per heavy atom. The SMILES string of the molecule is CCC(C)NC(=O)CCNC1CCC(C(C)(C)CC)CC1. The summed E-state index contributed by atoms with van der Waals surface area (Å²) in [6.45, 7) is 12.1. The van der Waals surface area contributed by atoms with Crippen LogP contribution in [0, 0.1) is 11.3 Å². The summed E-state index contributed by atoms with van der Waals surface area (Å²) in [4.78, 5) is 11.7. The lowest BCUT2D eigenvalue weighted by atomic mass is 9.69. The molecule has 0 heterocycles. The number of hydrogen-bond donors (Lipinski definition) is 2. The van der Waals surface area contributed by atoms with E-state index in [1.165, 1.54) is 32.1 Å². The van der Waals surface area contributed by atoms with E-state index in [-0.39, 0.29) is 5.91 Å². The molecule has 0 aromatic heterocycles. The van der Waals surface area contributed by atoms with Crippen LogP contribution in [-0.4, -0.2) is 24.5 Å². The molecule has 0 spiro atoms. The molecule has 3 nitrogen and oxygen atoms in total. The Bertz CT molecular complexity index is 306. The molecular formula is C18H36N2O. The molecule has 1 rings (SSSR count). The summed E-state index contributed by atoms with van der Waals surface area (Å²) in [6.07, 6.45) is 8.06. The molecule has 2 N–H and O–H groups in total. The molecule has 1 amide bonds. The van der Waals surface area contributed by atoms with Gasteiger partial charge >= 0.3 is 0 Å². The molecule has 0 aliphatic heterocycles. The van der Waals surface area contributed by atoms with Gasteiger partial charge in [0.05, 0.1) is 0 Å². The van der Waals surface area contributed by atoms with Crippen LogP contribution in [0.3, 0.4) is 0 Å². The van der Waals surface area contributed by atoms with Gasteiger partial charge in [-0.15, -0.1) is 0 Å². The van der Waals surface area contributed by atoms with Crippen LogP contribution in [-0.2, 0) is 4.79 Å². The standard InChI is InChI=1S/C18H36N2O/c1-6-14(3)20-17(21)12-13-19-16-10-8-15(9-11-16)18(4,5)7-2/h14-16,19H,6-13H2,1-5H3,(H,20,21). The highest BCUT2D eigenvalue weighted by molar-refractivity contribution is 5.76. The average Bonchev–Trinajstić information content (AvgIpc) is 2.47. The number of carbonyl (C=O) groups excluding carboxylic acids is 1. The molecule has 1 aliphatic rings. The van der Waals surface area contributed by atoms with Crippen LogP contribution in [0.15, 0.2) is 0 Å². The first-order valence-electron chi connectivity index (χ1n) is 8.91. The van der Waals surface area contributed by atoms with E-state index in [2.05, 4.69) is 45.3 Å². The number of amides is 1. The first kappa shape index (κ1) is 18.5. The Morgan fingerprint density at radius 1 is 1.19 bits per heavy atom. The quantitative estimate of drug-likeness (QED) is 0.714. The number of hydrogen-bond acceptors (Lipinski definition) is 2. The fraction of sp³-hybridized carbons (Fsp3) is 0.944. The lowest BCUT2D eigenvalue weighted by molar-refractivity contribution is -0.121. The van der Waals surface area contributed by atoms with Crippen LogP contribution in [0.2, 0.25) is 0 Å².